The first-order chi connectivity index (χ1) is 10.6. The lowest BCUT2D eigenvalue weighted by molar-refractivity contribution is 0.262. The van der Waals surface area contributed by atoms with Crippen LogP contribution in [0.3, 0.4) is 0 Å². The van der Waals surface area contributed by atoms with Crippen molar-refractivity contribution >= 4 is 28.3 Å². The molecule has 2 aromatic carbocycles. The van der Waals surface area contributed by atoms with Gasteiger partial charge in [0, 0.05) is 24.2 Å². The lowest BCUT2D eigenvalue weighted by Gasteiger charge is -2.07. The number of rotatable bonds is 3. The Labute approximate surface area is 124 Å². The zero-order valence-corrected chi connectivity index (χ0v) is 11.7. The van der Waals surface area contributed by atoms with Gasteiger partial charge in [-0.2, -0.15) is 0 Å². The van der Waals surface area contributed by atoms with Crippen molar-refractivity contribution in [1.29, 1.82) is 0 Å². The normalized spacial score (nSPS) is 12.7. The third-order valence-electron chi connectivity index (χ3n) is 3.34. The van der Waals surface area contributed by atoms with Crippen molar-refractivity contribution in [2.45, 2.75) is 13.3 Å². The SMILES string of the molecule is [2H]C(C)c1ccc(NC(=O)Nc2c[nH]c3ccccc23)cc1. The average molecular weight is 280 g/mol. The molecule has 3 N–H and O–H groups in total. The minimum atomic E-state index is -0.295. The van der Waals surface area contributed by atoms with Gasteiger partial charge in [0.25, 0.3) is 0 Å². The van der Waals surface area contributed by atoms with E-state index >= 15 is 0 Å². The van der Waals surface area contributed by atoms with Gasteiger partial charge in [-0.3, -0.25) is 0 Å². The van der Waals surface area contributed by atoms with Gasteiger partial charge in [-0.15, -0.1) is 0 Å². The van der Waals surface area contributed by atoms with Gasteiger partial charge in [0.2, 0.25) is 0 Å². The number of aromatic nitrogens is 1. The van der Waals surface area contributed by atoms with Crippen molar-refractivity contribution in [2.24, 2.45) is 0 Å². The van der Waals surface area contributed by atoms with Crippen molar-refractivity contribution in [2.75, 3.05) is 10.6 Å². The molecule has 0 aliphatic carbocycles. The minimum Gasteiger partial charge on any atom is -0.359 e. The number of H-pyrrole nitrogens is 1. The van der Waals surface area contributed by atoms with Gasteiger partial charge in [0.05, 0.1) is 5.69 Å². The number of anilines is 2. The van der Waals surface area contributed by atoms with Crippen molar-refractivity contribution in [3.63, 3.8) is 0 Å². The molecule has 4 heteroatoms. The Bertz CT molecular complexity index is 793. The molecule has 1 atom stereocenters. The lowest BCUT2D eigenvalue weighted by Crippen LogP contribution is -2.19. The maximum absolute atomic E-state index is 12.1. The third kappa shape index (κ3) is 2.89. The molecule has 0 aliphatic heterocycles. The van der Waals surface area contributed by atoms with Crippen LogP contribution < -0.4 is 10.6 Å². The number of carbonyl (C=O) groups is 1. The summed E-state index contributed by atoms with van der Waals surface area (Å²) in [6, 6.07) is 14.8. The molecule has 0 saturated heterocycles. The van der Waals surface area contributed by atoms with Crippen LogP contribution in [0.25, 0.3) is 10.9 Å². The van der Waals surface area contributed by atoms with E-state index < -0.39 is 0 Å². The van der Waals surface area contributed by atoms with E-state index in [1.807, 2.05) is 43.3 Å². The molecule has 4 nitrogen and oxygen atoms in total. The van der Waals surface area contributed by atoms with Crippen molar-refractivity contribution < 1.29 is 6.17 Å². The van der Waals surface area contributed by atoms with Gasteiger partial charge in [-0.25, -0.2) is 4.79 Å². The van der Waals surface area contributed by atoms with Crippen LogP contribution in [0.2, 0.25) is 0 Å². The van der Waals surface area contributed by atoms with Crippen LogP contribution >= 0.6 is 0 Å². The molecule has 1 unspecified atom stereocenters. The zero-order chi connectivity index (χ0) is 15.5. The monoisotopic (exact) mass is 280 g/mol. The van der Waals surface area contributed by atoms with Crippen LogP contribution in [0.5, 0.6) is 0 Å². The number of carbonyl (C=O) groups excluding carboxylic acids is 1. The molecule has 0 radical (unpaired) electrons. The quantitative estimate of drug-likeness (QED) is 0.655. The molecule has 0 spiro atoms. The van der Waals surface area contributed by atoms with E-state index in [4.69, 9.17) is 1.37 Å². The molecule has 0 fully saturated rings. The number of aromatic amines is 1. The van der Waals surface area contributed by atoms with Crippen molar-refractivity contribution in [1.82, 2.24) is 4.98 Å². The standard InChI is InChI=1S/C17H17N3O/c1-2-12-7-9-13(10-8-12)19-17(21)20-16-11-18-15-6-4-3-5-14(15)16/h3-11,18H,2H2,1H3,(H2,19,20,21)/i2D. The lowest BCUT2D eigenvalue weighted by atomic mass is 10.1. The maximum atomic E-state index is 12.1. The summed E-state index contributed by atoms with van der Waals surface area (Å²) in [5.74, 6) is 0. The molecule has 106 valence electrons. The number of nitrogens with one attached hydrogen (secondary N) is 3. The first-order valence-corrected chi connectivity index (χ1v) is 6.80. The molecule has 21 heavy (non-hydrogen) atoms. The fourth-order valence-electron chi connectivity index (χ4n) is 2.22. The summed E-state index contributed by atoms with van der Waals surface area (Å²) < 4.78 is 7.64. The number of benzene rings is 2. The highest BCUT2D eigenvalue weighted by molar-refractivity contribution is 6.05. The first kappa shape index (κ1) is 12.0. The van der Waals surface area contributed by atoms with Crippen LogP contribution in [0.4, 0.5) is 16.2 Å². The van der Waals surface area contributed by atoms with Gasteiger partial charge >= 0.3 is 6.03 Å². The predicted octanol–water partition coefficient (Wildman–Crippen LogP) is 4.37. The first-order valence-electron chi connectivity index (χ1n) is 7.37. The second-order valence-corrected chi connectivity index (χ2v) is 4.74. The van der Waals surface area contributed by atoms with Gasteiger partial charge in [-0.05, 0) is 30.2 Å². The Kier molecular flexibility index (Phi) is 3.27. The fraction of sp³-hybridized carbons (Fsp3) is 0.118. The topological polar surface area (TPSA) is 56.9 Å². The Hall–Kier alpha value is -2.75. The minimum absolute atomic E-state index is 0.269. The largest absolute Gasteiger partial charge is 0.359 e. The number of amides is 2. The van der Waals surface area contributed by atoms with Crippen molar-refractivity contribution in [3.05, 3.63) is 60.3 Å². The van der Waals surface area contributed by atoms with Gasteiger partial charge in [-0.1, -0.05) is 37.3 Å². The van der Waals surface area contributed by atoms with Gasteiger partial charge in [0.15, 0.2) is 0 Å². The number of fused-ring (bicyclic) bond motifs is 1. The molecule has 0 saturated carbocycles. The Balaban J connectivity index is 1.69. The maximum Gasteiger partial charge on any atom is 0.323 e. The number of aryl methyl sites for hydroxylation is 1. The van der Waals surface area contributed by atoms with E-state index in [9.17, 15) is 4.79 Å². The summed E-state index contributed by atoms with van der Waals surface area (Å²) in [4.78, 5) is 15.2. The Morgan fingerprint density at radius 1 is 1.14 bits per heavy atom. The van der Waals surface area contributed by atoms with Gasteiger partial charge in [0.1, 0.15) is 0 Å². The summed E-state index contributed by atoms with van der Waals surface area (Å²) >= 11 is 0. The zero-order valence-electron chi connectivity index (χ0n) is 12.7. The van der Waals surface area contributed by atoms with Crippen molar-refractivity contribution in [3.8, 4) is 0 Å². The second-order valence-electron chi connectivity index (χ2n) is 4.74. The smallest absolute Gasteiger partial charge is 0.323 e. The summed E-state index contributed by atoms with van der Waals surface area (Å²) in [6.07, 6.45) is 1.50. The van der Waals surface area contributed by atoms with E-state index in [2.05, 4.69) is 15.6 Å². The molecule has 1 aromatic heterocycles. The highest BCUT2D eigenvalue weighted by atomic mass is 16.2. The van der Waals surface area contributed by atoms with E-state index in [1.165, 1.54) is 0 Å². The molecule has 2 amide bonds. The number of hydrogen-bond donors (Lipinski definition) is 3. The van der Waals surface area contributed by atoms with Crippen LogP contribution in [0.1, 0.15) is 13.9 Å². The number of hydrogen-bond acceptors (Lipinski definition) is 1. The molecule has 0 aliphatic rings. The second kappa shape index (κ2) is 5.71. The summed E-state index contributed by atoms with van der Waals surface area (Å²) in [7, 11) is 0. The van der Waals surface area contributed by atoms with Crippen LogP contribution in [0.15, 0.2) is 54.7 Å². The number of urea groups is 1. The predicted molar refractivity (Wildman–Crippen MR) is 86.8 cm³/mol. The summed E-state index contributed by atoms with van der Waals surface area (Å²) in [5, 5.41) is 6.59. The molecular weight excluding hydrogens is 262 g/mol. The molecule has 1 heterocycles. The van der Waals surface area contributed by atoms with E-state index in [-0.39, 0.29) is 12.4 Å². The fourth-order valence-corrected chi connectivity index (χ4v) is 2.22. The molecule has 3 rings (SSSR count). The summed E-state index contributed by atoms with van der Waals surface area (Å²) in [6.45, 7) is 1.81. The summed E-state index contributed by atoms with van der Waals surface area (Å²) in [5.41, 5.74) is 3.33. The molecular formula is C17H17N3O. The Morgan fingerprint density at radius 2 is 1.90 bits per heavy atom. The average Bonchev–Trinajstić information content (AvgIpc) is 2.91. The van der Waals surface area contributed by atoms with E-state index in [1.54, 1.807) is 18.3 Å². The molecule has 3 aromatic rings. The highest BCUT2D eigenvalue weighted by Gasteiger charge is 2.07. The van der Waals surface area contributed by atoms with E-state index in [0.717, 1.165) is 22.2 Å². The third-order valence-corrected chi connectivity index (χ3v) is 3.34. The highest BCUT2D eigenvalue weighted by Crippen LogP contribution is 2.22. The van der Waals surface area contributed by atoms with Gasteiger partial charge < -0.3 is 15.6 Å². The van der Waals surface area contributed by atoms with Crippen LogP contribution in [-0.2, 0) is 6.40 Å². The van der Waals surface area contributed by atoms with Crippen LogP contribution in [-0.4, -0.2) is 11.0 Å². The Morgan fingerprint density at radius 3 is 2.67 bits per heavy atom. The van der Waals surface area contributed by atoms with E-state index in [0.29, 0.717) is 5.69 Å². The molecule has 0 bridgehead atoms. The van der Waals surface area contributed by atoms with Crippen LogP contribution in [0, 0.1) is 0 Å². The number of para-hydroxylation sites is 1.